The van der Waals surface area contributed by atoms with Gasteiger partial charge in [0.25, 0.3) is 0 Å². The summed E-state index contributed by atoms with van der Waals surface area (Å²) in [7, 11) is 0. The first kappa shape index (κ1) is 15.6. The molecule has 0 aromatic heterocycles. The highest BCUT2D eigenvalue weighted by atomic mass is 79.9. The van der Waals surface area contributed by atoms with E-state index in [1.165, 1.54) is 5.56 Å². The number of nitrogens with one attached hydrogen (secondary N) is 1. The molecule has 0 heterocycles. The van der Waals surface area contributed by atoms with E-state index < -0.39 is 0 Å². The average Bonchev–Trinajstić information content (AvgIpc) is 2.47. The van der Waals surface area contributed by atoms with Crippen LogP contribution in [0.3, 0.4) is 0 Å². The van der Waals surface area contributed by atoms with Crippen molar-refractivity contribution in [2.45, 2.75) is 32.4 Å². The molecule has 0 aliphatic heterocycles. The lowest BCUT2D eigenvalue weighted by Gasteiger charge is -2.14. The molecule has 1 nitrogen and oxygen atoms in total. The van der Waals surface area contributed by atoms with Crippen molar-refractivity contribution < 1.29 is 0 Å². The fourth-order valence-corrected chi connectivity index (χ4v) is 2.69. The molecule has 0 aliphatic carbocycles. The molecular formula is C17H19BrClN. The molecule has 0 saturated carbocycles. The zero-order chi connectivity index (χ0) is 14.4. The molecular weight excluding hydrogens is 334 g/mol. The predicted octanol–water partition coefficient (Wildman–Crippen LogP) is 5.21. The minimum absolute atomic E-state index is 0.463. The third kappa shape index (κ3) is 4.93. The van der Waals surface area contributed by atoms with E-state index in [9.17, 15) is 0 Å². The van der Waals surface area contributed by atoms with Crippen LogP contribution in [0.25, 0.3) is 0 Å². The second-order valence-corrected chi connectivity index (χ2v) is 6.36. The molecule has 0 amide bonds. The lowest BCUT2D eigenvalue weighted by atomic mass is 10.1. The summed E-state index contributed by atoms with van der Waals surface area (Å²) in [5, 5.41) is 4.35. The van der Waals surface area contributed by atoms with Gasteiger partial charge < -0.3 is 5.32 Å². The lowest BCUT2D eigenvalue weighted by Crippen LogP contribution is -2.26. The van der Waals surface area contributed by atoms with Gasteiger partial charge >= 0.3 is 0 Å². The standard InChI is InChI=1S/C17H19BrClN/c1-13(7-8-14-5-3-2-4-6-14)20-12-15-11-16(18)9-10-17(15)19/h2-6,9-11,13,20H,7-8,12H2,1H3. The van der Waals surface area contributed by atoms with E-state index in [1.54, 1.807) is 0 Å². The summed E-state index contributed by atoms with van der Waals surface area (Å²) in [5.74, 6) is 0. The number of aryl methyl sites for hydroxylation is 1. The van der Waals surface area contributed by atoms with Gasteiger partial charge in [-0.25, -0.2) is 0 Å². The molecule has 20 heavy (non-hydrogen) atoms. The first-order chi connectivity index (χ1) is 9.65. The fraction of sp³-hybridized carbons (Fsp3) is 0.294. The molecule has 2 aromatic carbocycles. The van der Waals surface area contributed by atoms with E-state index in [-0.39, 0.29) is 0 Å². The highest BCUT2D eigenvalue weighted by molar-refractivity contribution is 9.10. The van der Waals surface area contributed by atoms with E-state index >= 15 is 0 Å². The molecule has 1 N–H and O–H groups in total. The summed E-state index contributed by atoms with van der Waals surface area (Å²) < 4.78 is 1.07. The Labute approximate surface area is 134 Å². The molecule has 1 atom stereocenters. The monoisotopic (exact) mass is 351 g/mol. The van der Waals surface area contributed by atoms with Crippen molar-refractivity contribution in [3.8, 4) is 0 Å². The van der Waals surface area contributed by atoms with E-state index in [0.717, 1.165) is 34.4 Å². The Morgan fingerprint density at radius 2 is 1.90 bits per heavy atom. The molecule has 106 valence electrons. The Hall–Kier alpha value is -0.830. The first-order valence-corrected chi connectivity index (χ1v) is 8.03. The number of benzene rings is 2. The van der Waals surface area contributed by atoms with E-state index in [0.29, 0.717) is 6.04 Å². The van der Waals surface area contributed by atoms with Crippen LogP contribution in [-0.4, -0.2) is 6.04 Å². The van der Waals surface area contributed by atoms with Crippen molar-refractivity contribution in [2.75, 3.05) is 0 Å². The molecule has 0 bridgehead atoms. The van der Waals surface area contributed by atoms with Crippen molar-refractivity contribution in [3.05, 3.63) is 69.2 Å². The van der Waals surface area contributed by atoms with Crippen LogP contribution >= 0.6 is 27.5 Å². The first-order valence-electron chi connectivity index (χ1n) is 6.86. The third-order valence-electron chi connectivity index (χ3n) is 3.36. The summed E-state index contributed by atoms with van der Waals surface area (Å²) in [6.07, 6.45) is 2.22. The van der Waals surface area contributed by atoms with Gasteiger partial charge in [-0.3, -0.25) is 0 Å². The normalized spacial score (nSPS) is 12.3. The Balaban J connectivity index is 1.80. The van der Waals surface area contributed by atoms with Gasteiger partial charge in [0, 0.05) is 22.1 Å². The molecule has 0 fully saturated rings. The zero-order valence-corrected chi connectivity index (χ0v) is 13.9. The minimum atomic E-state index is 0.463. The molecule has 0 saturated heterocycles. The largest absolute Gasteiger partial charge is 0.310 e. The second kappa shape index (κ2) is 7.82. The minimum Gasteiger partial charge on any atom is -0.310 e. The molecule has 1 unspecified atom stereocenters. The molecule has 0 radical (unpaired) electrons. The number of hydrogen-bond donors (Lipinski definition) is 1. The van der Waals surface area contributed by atoms with Gasteiger partial charge in [-0.15, -0.1) is 0 Å². The second-order valence-electron chi connectivity index (χ2n) is 5.04. The Kier molecular flexibility index (Phi) is 6.08. The maximum atomic E-state index is 6.19. The van der Waals surface area contributed by atoms with Crippen molar-refractivity contribution in [1.29, 1.82) is 0 Å². The van der Waals surface area contributed by atoms with Crippen LogP contribution in [0.5, 0.6) is 0 Å². The van der Waals surface area contributed by atoms with Crippen molar-refractivity contribution in [1.82, 2.24) is 5.32 Å². The summed E-state index contributed by atoms with van der Waals surface area (Å²) in [4.78, 5) is 0. The Morgan fingerprint density at radius 1 is 1.15 bits per heavy atom. The van der Waals surface area contributed by atoms with Gasteiger partial charge in [-0.2, -0.15) is 0 Å². The van der Waals surface area contributed by atoms with Crippen LogP contribution in [0.1, 0.15) is 24.5 Å². The third-order valence-corrected chi connectivity index (χ3v) is 4.22. The lowest BCUT2D eigenvalue weighted by molar-refractivity contribution is 0.514. The molecule has 2 rings (SSSR count). The van der Waals surface area contributed by atoms with Gasteiger partial charge in [0.15, 0.2) is 0 Å². The topological polar surface area (TPSA) is 12.0 Å². The van der Waals surface area contributed by atoms with Crippen LogP contribution in [0.15, 0.2) is 53.0 Å². The SMILES string of the molecule is CC(CCc1ccccc1)NCc1cc(Br)ccc1Cl. The predicted molar refractivity (Wildman–Crippen MR) is 90.2 cm³/mol. The van der Waals surface area contributed by atoms with Gasteiger partial charge in [-0.1, -0.05) is 57.9 Å². The molecule has 0 aliphatic rings. The maximum Gasteiger partial charge on any atom is 0.0451 e. The van der Waals surface area contributed by atoms with Crippen molar-refractivity contribution >= 4 is 27.5 Å². The van der Waals surface area contributed by atoms with Gasteiger partial charge in [0.1, 0.15) is 0 Å². The summed E-state index contributed by atoms with van der Waals surface area (Å²) >= 11 is 9.67. The number of rotatable bonds is 6. The van der Waals surface area contributed by atoms with Crippen molar-refractivity contribution in [2.24, 2.45) is 0 Å². The Morgan fingerprint density at radius 3 is 2.65 bits per heavy atom. The zero-order valence-electron chi connectivity index (χ0n) is 11.6. The van der Waals surface area contributed by atoms with E-state index in [4.69, 9.17) is 11.6 Å². The molecule has 3 heteroatoms. The summed E-state index contributed by atoms with van der Waals surface area (Å²) in [6.45, 7) is 3.02. The van der Waals surface area contributed by atoms with Crippen LogP contribution in [-0.2, 0) is 13.0 Å². The maximum absolute atomic E-state index is 6.19. The quantitative estimate of drug-likeness (QED) is 0.752. The van der Waals surface area contributed by atoms with Gasteiger partial charge in [0.2, 0.25) is 0 Å². The average molecular weight is 353 g/mol. The van der Waals surface area contributed by atoms with Crippen LogP contribution in [0.4, 0.5) is 0 Å². The van der Waals surface area contributed by atoms with Gasteiger partial charge in [0.05, 0.1) is 0 Å². The number of hydrogen-bond acceptors (Lipinski definition) is 1. The van der Waals surface area contributed by atoms with E-state index in [1.807, 2.05) is 12.1 Å². The highest BCUT2D eigenvalue weighted by Crippen LogP contribution is 2.21. The molecule has 2 aromatic rings. The summed E-state index contributed by atoms with van der Waals surface area (Å²) in [5.41, 5.74) is 2.52. The Bertz CT molecular complexity index is 542. The fourth-order valence-electron chi connectivity index (χ4n) is 2.09. The summed E-state index contributed by atoms with van der Waals surface area (Å²) in [6, 6.07) is 17.0. The number of halogens is 2. The van der Waals surface area contributed by atoms with Crippen molar-refractivity contribution in [3.63, 3.8) is 0 Å². The van der Waals surface area contributed by atoms with Crippen LogP contribution in [0.2, 0.25) is 5.02 Å². The molecule has 0 spiro atoms. The smallest absolute Gasteiger partial charge is 0.0451 e. The van der Waals surface area contributed by atoms with Crippen LogP contribution in [0, 0.1) is 0 Å². The highest BCUT2D eigenvalue weighted by Gasteiger charge is 2.05. The van der Waals surface area contributed by atoms with E-state index in [2.05, 4.69) is 64.6 Å². The van der Waals surface area contributed by atoms with Crippen LogP contribution < -0.4 is 5.32 Å². The van der Waals surface area contributed by atoms with Gasteiger partial charge in [-0.05, 0) is 49.1 Å².